The fourth-order valence-electron chi connectivity index (χ4n) is 1.18. The minimum Gasteiger partial charge on any atom is -0.216 e. The average molecular weight is 224 g/mol. The Kier molecular flexibility index (Phi) is 2.24. The van der Waals surface area contributed by atoms with Crippen molar-refractivity contribution in [2.24, 2.45) is 0 Å². The first-order chi connectivity index (χ1) is 6.72. The van der Waals surface area contributed by atoms with Gasteiger partial charge in [-0.3, -0.25) is 0 Å². The molecule has 3 nitrogen and oxygen atoms in total. The molecule has 0 bridgehead atoms. The van der Waals surface area contributed by atoms with Crippen LogP contribution in [0.25, 0.3) is 10.9 Å². The predicted molar refractivity (Wildman–Crippen MR) is 54.3 cm³/mol. The summed E-state index contributed by atoms with van der Waals surface area (Å²) in [6.07, 6.45) is 0. The van der Waals surface area contributed by atoms with Crippen LogP contribution in [0.1, 0.15) is 5.56 Å². The van der Waals surface area contributed by atoms with Crippen LogP contribution in [0.15, 0.2) is 18.2 Å². The molecule has 0 atom stereocenters. The molecule has 0 aliphatic carbocycles. The van der Waals surface area contributed by atoms with Gasteiger partial charge in [0.15, 0.2) is 0 Å². The van der Waals surface area contributed by atoms with E-state index in [2.05, 4.69) is 9.97 Å². The summed E-state index contributed by atoms with van der Waals surface area (Å²) in [6, 6.07) is 7.14. The van der Waals surface area contributed by atoms with Crippen LogP contribution in [0.5, 0.6) is 0 Å². The van der Waals surface area contributed by atoms with Gasteiger partial charge >= 0.3 is 0 Å². The van der Waals surface area contributed by atoms with Crippen molar-refractivity contribution in [1.29, 1.82) is 5.26 Å². The first-order valence-electron chi connectivity index (χ1n) is 3.74. The normalized spacial score (nSPS) is 10.1. The summed E-state index contributed by atoms with van der Waals surface area (Å²) in [5.74, 6) is 0. The van der Waals surface area contributed by atoms with Gasteiger partial charge in [-0.1, -0.05) is 17.7 Å². The maximum absolute atomic E-state index is 8.82. The van der Waals surface area contributed by atoms with Crippen LogP contribution in [-0.2, 0) is 0 Å². The van der Waals surface area contributed by atoms with E-state index in [4.69, 9.17) is 28.5 Å². The molecule has 5 heteroatoms. The third-order valence-electron chi connectivity index (χ3n) is 1.77. The second-order valence-electron chi connectivity index (χ2n) is 2.60. The predicted octanol–water partition coefficient (Wildman–Crippen LogP) is 2.81. The van der Waals surface area contributed by atoms with E-state index in [1.807, 2.05) is 6.07 Å². The zero-order valence-electron chi connectivity index (χ0n) is 6.83. The van der Waals surface area contributed by atoms with Crippen molar-refractivity contribution < 1.29 is 0 Å². The molecule has 2 rings (SSSR count). The van der Waals surface area contributed by atoms with E-state index in [0.29, 0.717) is 16.5 Å². The molecular formula is C9H3Cl2N3. The van der Waals surface area contributed by atoms with Crippen LogP contribution in [0, 0.1) is 11.3 Å². The molecule has 0 spiro atoms. The van der Waals surface area contributed by atoms with Crippen molar-refractivity contribution in [3.63, 3.8) is 0 Å². The van der Waals surface area contributed by atoms with Crippen molar-refractivity contribution in [3.05, 3.63) is 34.2 Å². The zero-order chi connectivity index (χ0) is 10.1. The van der Waals surface area contributed by atoms with E-state index in [-0.39, 0.29) is 10.4 Å². The van der Waals surface area contributed by atoms with E-state index in [1.165, 1.54) is 0 Å². The summed E-state index contributed by atoms with van der Waals surface area (Å²) in [5, 5.41) is 9.76. The Morgan fingerprint density at radius 2 is 2.00 bits per heavy atom. The molecule has 1 aromatic carbocycles. The molecule has 0 aliphatic rings. The van der Waals surface area contributed by atoms with Crippen molar-refractivity contribution in [1.82, 2.24) is 9.97 Å². The monoisotopic (exact) mass is 223 g/mol. The Bertz CT molecular complexity index is 545. The highest BCUT2D eigenvalue weighted by Crippen LogP contribution is 2.23. The van der Waals surface area contributed by atoms with Crippen LogP contribution >= 0.6 is 23.2 Å². The van der Waals surface area contributed by atoms with Crippen LogP contribution in [0.2, 0.25) is 10.4 Å². The maximum Gasteiger partial charge on any atom is 0.224 e. The van der Waals surface area contributed by atoms with Gasteiger partial charge in [-0.25, -0.2) is 9.97 Å². The van der Waals surface area contributed by atoms with Crippen LogP contribution < -0.4 is 0 Å². The fraction of sp³-hybridized carbons (Fsp3) is 0. The van der Waals surface area contributed by atoms with Crippen LogP contribution in [0.4, 0.5) is 0 Å². The number of benzene rings is 1. The average Bonchev–Trinajstić information content (AvgIpc) is 2.17. The summed E-state index contributed by atoms with van der Waals surface area (Å²) in [7, 11) is 0. The summed E-state index contributed by atoms with van der Waals surface area (Å²) >= 11 is 11.5. The number of hydrogen-bond donors (Lipinski definition) is 0. The minimum atomic E-state index is 0.0465. The Morgan fingerprint density at radius 3 is 2.71 bits per heavy atom. The summed E-state index contributed by atoms with van der Waals surface area (Å²) in [4.78, 5) is 7.74. The van der Waals surface area contributed by atoms with Gasteiger partial charge in [0.25, 0.3) is 0 Å². The lowest BCUT2D eigenvalue weighted by molar-refractivity contribution is 1.22. The maximum atomic E-state index is 8.82. The second-order valence-corrected chi connectivity index (χ2v) is 3.29. The third-order valence-corrected chi connectivity index (χ3v) is 2.23. The summed E-state index contributed by atoms with van der Waals surface area (Å²) in [6.45, 7) is 0. The zero-order valence-corrected chi connectivity index (χ0v) is 8.34. The number of para-hydroxylation sites is 1. The number of aromatic nitrogens is 2. The first kappa shape index (κ1) is 9.20. The number of nitriles is 1. The van der Waals surface area contributed by atoms with Crippen LogP contribution in [-0.4, -0.2) is 9.97 Å². The molecule has 0 N–H and O–H groups in total. The lowest BCUT2D eigenvalue weighted by Gasteiger charge is -2.00. The Labute approximate surface area is 89.9 Å². The van der Waals surface area contributed by atoms with E-state index < -0.39 is 0 Å². The van der Waals surface area contributed by atoms with E-state index in [1.54, 1.807) is 18.2 Å². The Morgan fingerprint density at radius 1 is 1.21 bits per heavy atom. The highest BCUT2D eigenvalue weighted by Gasteiger charge is 2.07. The summed E-state index contributed by atoms with van der Waals surface area (Å²) < 4.78 is 0. The molecule has 0 fully saturated rings. The highest BCUT2D eigenvalue weighted by atomic mass is 35.5. The van der Waals surface area contributed by atoms with Gasteiger partial charge in [-0.05, 0) is 23.7 Å². The largest absolute Gasteiger partial charge is 0.224 e. The van der Waals surface area contributed by atoms with Crippen molar-refractivity contribution in [3.8, 4) is 6.07 Å². The molecule has 0 aliphatic heterocycles. The van der Waals surface area contributed by atoms with Gasteiger partial charge in [0.05, 0.1) is 11.1 Å². The molecule has 0 unspecified atom stereocenters. The molecular weight excluding hydrogens is 221 g/mol. The Hall–Kier alpha value is -1.37. The van der Waals surface area contributed by atoms with Gasteiger partial charge in [0, 0.05) is 5.39 Å². The van der Waals surface area contributed by atoms with Gasteiger partial charge in [0.1, 0.15) is 11.2 Å². The second kappa shape index (κ2) is 3.41. The molecule has 68 valence electrons. The highest BCUT2D eigenvalue weighted by molar-refractivity contribution is 6.35. The number of rotatable bonds is 0. The van der Waals surface area contributed by atoms with E-state index in [0.717, 1.165) is 0 Å². The third kappa shape index (κ3) is 1.39. The SMILES string of the molecule is N#Cc1cccc2c(Cl)nc(Cl)nc12. The quantitative estimate of drug-likeness (QED) is 0.510. The molecule has 1 aromatic heterocycles. The molecule has 0 amide bonds. The lowest BCUT2D eigenvalue weighted by atomic mass is 10.1. The van der Waals surface area contributed by atoms with E-state index >= 15 is 0 Å². The number of hydrogen-bond acceptors (Lipinski definition) is 3. The first-order valence-corrected chi connectivity index (χ1v) is 4.50. The van der Waals surface area contributed by atoms with Crippen molar-refractivity contribution in [2.75, 3.05) is 0 Å². The standard InChI is InChI=1S/C9H3Cl2N3/c10-8-6-3-1-2-5(4-12)7(6)13-9(11)14-8/h1-3H. The number of halogens is 2. The molecule has 2 aromatic rings. The summed E-state index contributed by atoms with van der Waals surface area (Å²) in [5.41, 5.74) is 0.925. The Balaban J connectivity index is 2.95. The lowest BCUT2D eigenvalue weighted by Crippen LogP contribution is -1.89. The van der Waals surface area contributed by atoms with Gasteiger partial charge in [-0.15, -0.1) is 0 Å². The molecule has 0 saturated carbocycles. The van der Waals surface area contributed by atoms with Gasteiger partial charge in [-0.2, -0.15) is 5.26 Å². The molecule has 1 heterocycles. The van der Waals surface area contributed by atoms with Crippen molar-refractivity contribution >= 4 is 34.1 Å². The number of fused-ring (bicyclic) bond motifs is 1. The van der Waals surface area contributed by atoms with Gasteiger partial charge in [0.2, 0.25) is 5.28 Å². The van der Waals surface area contributed by atoms with Crippen LogP contribution in [0.3, 0.4) is 0 Å². The smallest absolute Gasteiger partial charge is 0.216 e. The fourth-order valence-corrected chi connectivity index (χ4v) is 1.62. The van der Waals surface area contributed by atoms with Gasteiger partial charge < -0.3 is 0 Å². The molecule has 14 heavy (non-hydrogen) atoms. The molecule has 0 saturated heterocycles. The van der Waals surface area contributed by atoms with E-state index in [9.17, 15) is 0 Å². The van der Waals surface area contributed by atoms with Crippen molar-refractivity contribution in [2.45, 2.75) is 0 Å². The topological polar surface area (TPSA) is 49.6 Å². The molecule has 0 radical (unpaired) electrons. The number of nitrogens with zero attached hydrogens (tertiary/aromatic N) is 3. The minimum absolute atomic E-state index is 0.0465.